The molecule has 0 N–H and O–H groups in total. The van der Waals surface area contributed by atoms with Crippen LogP contribution in [0.5, 0.6) is 23.1 Å². The van der Waals surface area contributed by atoms with Gasteiger partial charge in [-0.25, -0.2) is 9.97 Å². The van der Waals surface area contributed by atoms with Crippen molar-refractivity contribution in [2.75, 3.05) is 0 Å². The summed E-state index contributed by atoms with van der Waals surface area (Å²) in [5.41, 5.74) is 0. The normalized spacial score (nSPS) is 10.1. The summed E-state index contributed by atoms with van der Waals surface area (Å²) in [4.78, 5) is 7.94. The molecule has 0 aliphatic heterocycles. The van der Waals surface area contributed by atoms with Crippen molar-refractivity contribution in [3.8, 4) is 23.1 Å². The third kappa shape index (κ3) is 3.49. The lowest BCUT2D eigenvalue weighted by Crippen LogP contribution is -1.91. The van der Waals surface area contributed by atoms with E-state index in [0.29, 0.717) is 11.5 Å². The zero-order valence-corrected chi connectivity index (χ0v) is 11.7. The van der Waals surface area contributed by atoms with Gasteiger partial charge in [0.05, 0.1) is 0 Å². The minimum atomic E-state index is 0.215. The van der Waals surface area contributed by atoms with Crippen LogP contribution >= 0.6 is 11.6 Å². The lowest BCUT2D eigenvalue weighted by Gasteiger charge is -2.08. The lowest BCUT2D eigenvalue weighted by atomic mass is 10.3. The molecule has 0 aliphatic rings. The molecule has 5 heteroatoms. The molecule has 2 aromatic carbocycles. The van der Waals surface area contributed by atoms with Gasteiger partial charge in [-0.05, 0) is 24.3 Å². The van der Waals surface area contributed by atoms with Gasteiger partial charge in [0.2, 0.25) is 0 Å². The molecule has 0 bridgehead atoms. The van der Waals surface area contributed by atoms with Crippen LogP contribution < -0.4 is 9.47 Å². The SMILES string of the molecule is Clc1nccnc1Oc1cccc(Oc2ccccc2)c1. The molecule has 0 spiro atoms. The van der Waals surface area contributed by atoms with Crippen LogP contribution in [0.15, 0.2) is 67.0 Å². The van der Waals surface area contributed by atoms with Crippen LogP contribution in [0.4, 0.5) is 0 Å². The zero-order chi connectivity index (χ0) is 14.5. The lowest BCUT2D eigenvalue weighted by molar-refractivity contribution is 0.447. The van der Waals surface area contributed by atoms with E-state index in [1.165, 1.54) is 12.4 Å². The average molecular weight is 299 g/mol. The van der Waals surface area contributed by atoms with Gasteiger partial charge in [-0.1, -0.05) is 35.9 Å². The van der Waals surface area contributed by atoms with Gasteiger partial charge in [-0.15, -0.1) is 0 Å². The van der Waals surface area contributed by atoms with Crippen molar-refractivity contribution in [1.29, 1.82) is 0 Å². The second-order valence-corrected chi connectivity index (χ2v) is 4.50. The number of hydrogen-bond acceptors (Lipinski definition) is 4. The van der Waals surface area contributed by atoms with Crippen LogP contribution in [-0.4, -0.2) is 9.97 Å². The number of nitrogens with zero attached hydrogens (tertiary/aromatic N) is 2. The first kappa shape index (κ1) is 13.4. The maximum Gasteiger partial charge on any atom is 0.257 e. The van der Waals surface area contributed by atoms with E-state index in [1.807, 2.05) is 42.5 Å². The number of halogens is 1. The summed E-state index contributed by atoms with van der Waals surface area (Å²) < 4.78 is 11.3. The van der Waals surface area contributed by atoms with E-state index in [2.05, 4.69) is 9.97 Å². The monoisotopic (exact) mass is 298 g/mol. The molecule has 0 aliphatic carbocycles. The van der Waals surface area contributed by atoms with Gasteiger partial charge in [-0.3, -0.25) is 0 Å². The van der Waals surface area contributed by atoms with E-state index in [9.17, 15) is 0 Å². The molecule has 1 heterocycles. The van der Waals surface area contributed by atoms with Crippen LogP contribution in [0.1, 0.15) is 0 Å². The highest BCUT2D eigenvalue weighted by molar-refractivity contribution is 6.30. The van der Waals surface area contributed by atoms with Gasteiger partial charge in [0.25, 0.3) is 5.88 Å². The van der Waals surface area contributed by atoms with Crippen molar-refractivity contribution in [2.45, 2.75) is 0 Å². The fraction of sp³-hybridized carbons (Fsp3) is 0. The van der Waals surface area contributed by atoms with Crippen molar-refractivity contribution in [2.24, 2.45) is 0 Å². The Bertz CT molecular complexity index is 735. The summed E-state index contributed by atoms with van der Waals surface area (Å²) in [5.74, 6) is 2.26. The fourth-order valence-electron chi connectivity index (χ4n) is 1.71. The predicted molar refractivity (Wildman–Crippen MR) is 80.1 cm³/mol. The quantitative estimate of drug-likeness (QED) is 0.699. The Balaban J connectivity index is 1.79. The molecule has 4 nitrogen and oxygen atoms in total. The predicted octanol–water partition coefficient (Wildman–Crippen LogP) is 4.71. The van der Waals surface area contributed by atoms with E-state index in [0.717, 1.165) is 5.75 Å². The highest BCUT2D eigenvalue weighted by Crippen LogP contribution is 2.29. The minimum absolute atomic E-state index is 0.215. The standard InChI is InChI=1S/C16H11ClN2O2/c17-15-16(19-10-9-18-15)21-14-8-4-7-13(11-14)20-12-5-2-1-3-6-12/h1-11H. The molecule has 3 aromatic rings. The first-order valence-corrected chi connectivity index (χ1v) is 6.66. The number of para-hydroxylation sites is 1. The number of ether oxygens (including phenoxy) is 2. The first-order valence-electron chi connectivity index (χ1n) is 6.28. The largest absolute Gasteiger partial charge is 0.457 e. The third-order valence-electron chi connectivity index (χ3n) is 2.62. The van der Waals surface area contributed by atoms with E-state index in [4.69, 9.17) is 21.1 Å². The molecule has 0 unspecified atom stereocenters. The molecule has 0 fully saturated rings. The molecule has 0 amide bonds. The molecule has 0 radical (unpaired) electrons. The average Bonchev–Trinajstić information content (AvgIpc) is 2.51. The summed E-state index contributed by atoms with van der Waals surface area (Å²) in [5, 5.41) is 0.215. The Morgan fingerprint density at radius 3 is 2.14 bits per heavy atom. The van der Waals surface area contributed by atoms with Gasteiger partial charge in [0.15, 0.2) is 5.15 Å². The molecular weight excluding hydrogens is 288 g/mol. The summed E-state index contributed by atoms with van der Waals surface area (Å²) in [6.45, 7) is 0. The minimum Gasteiger partial charge on any atom is -0.457 e. The smallest absolute Gasteiger partial charge is 0.257 e. The number of rotatable bonds is 4. The van der Waals surface area contributed by atoms with Crippen molar-refractivity contribution in [1.82, 2.24) is 9.97 Å². The van der Waals surface area contributed by atoms with E-state index in [1.54, 1.807) is 12.1 Å². The van der Waals surface area contributed by atoms with Gasteiger partial charge >= 0.3 is 0 Å². The summed E-state index contributed by atoms with van der Waals surface area (Å²) in [6, 6.07) is 16.8. The molecule has 1 aromatic heterocycles. The number of aromatic nitrogens is 2. The molecule has 104 valence electrons. The Hall–Kier alpha value is -2.59. The van der Waals surface area contributed by atoms with E-state index in [-0.39, 0.29) is 11.0 Å². The third-order valence-corrected chi connectivity index (χ3v) is 2.88. The number of hydrogen-bond donors (Lipinski definition) is 0. The van der Waals surface area contributed by atoms with E-state index < -0.39 is 0 Å². The molecule has 0 saturated heterocycles. The highest BCUT2D eigenvalue weighted by atomic mass is 35.5. The highest BCUT2D eigenvalue weighted by Gasteiger charge is 2.06. The first-order chi connectivity index (χ1) is 10.3. The molecule has 0 atom stereocenters. The molecule has 3 rings (SSSR count). The van der Waals surface area contributed by atoms with Gasteiger partial charge in [0.1, 0.15) is 17.2 Å². The van der Waals surface area contributed by atoms with Crippen molar-refractivity contribution in [3.05, 3.63) is 72.1 Å². The van der Waals surface area contributed by atoms with Crippen LogP contribution in [0, 0.1) is 0 Å². The second kappa shape index (κ2) is 6.24. The number of benzene rings is 2. The fourth-order valence-corrected chi connectivity index (χ4v) is 1.86. The topological polar surface area (TPSA) is 44.2 Å². The summed E-state index contributed by atoms with van der Waals surface area (Å²) in [7, 11) is 0. The van der Waals surface area contributed by atoms with Crippen LogP contribution in [0.2, 0.25) is 5.15 Å². The Morgan fingerprint density at radius 2 is 1.38 bits per heavy atom. The van der Waals surface area contributed by atoms with Gasteiger partial charge < -0.3 is 9.47 Å². The molecular formula is C16H11ClN2O2. The Kier molecular flexibility index (Phi) is 3.98. The van der Waals surface area contributed by atoms with E-state index >= 15 is 0 Å². The zero-order valence-electron chi connectivity index (χ0n) is 10.9. The Morgan fingerprint density at radius 1 is 0.714 bits per heavy atom. The van der Waals surface area contributed by atoms with Crippen LogP contribution in [0.3, 0.4) is 0 Å². The van der Waals surface area contributed by atoms with Gasteiger partial charge in [0, 0.05) is 18.5 Å². The molecule has 0 saturated carbocycles. The maximum atomic E-state index is 5.91. The van der Waals surface area contributed by atoms with Crippen LogP contribution in [-0.2, 0) is 0 Å². The van der Waals surface area contributed by atoms with Gasteiger partial charge in [-0.2, -0.15) is 0 Å². The van der Waals surface area contributed by atoms with Crippen molar-refractivity contribution >= 4 is 11.6 Å². The summed E-state index contributed by atoms with van der Waals surface area (Å²) >= 11 is 5.91. The Labute approximate surface area is 127 Å². The second-order valence-electron chi connectivity index (χ2n) is 4.14. The molecule has 21 heavy (non-hydrogen) atoms. The van der Waals surface area contributed by atoms with Crippen LogP contribution in [0.25, 0.3) is 0 Å². The van der Waals surface area contributed by atoms with Crippen molar-refractivity contribution < 1.29 is 9.47 Å². The summed E-state index contributed by atoms with van der Waals surface area (Å²) in [6.07, 6.45) is 3.02. The maximum absolute atomic E-state index is 5.91. The van der Waals surface area contributed by atoms with Crippen molar-refractivity contribution in [3.63, 3.8) is 0 Å².